The minimum atomic E-state index is -2.73. The van der Waals surface area contributed by atoms with Gasteiger partial charge in [0.15, 0.2) is 0 Å². The molecule has 0 spiro atoms. The third-order valence-electron chi connectivity index (χ3n) is 5.79. The number of likely N-dealkylation sites (tertiary alicyclic amines) is 1. The zero-order valence-corrected chi connectivity index (χ0v) is 14.4. The van der Waals surface area contributed by atoms with Crippen molar-refractivity contribution in [3.8, 4) is 11.3 Å². The van der Waals surface area contributed by atoms with Crippen LogP contribution in [0, 0.1) is 23.6 Å². The van der Waals surface area contributed by atoms with Gasteiger partial charge in [0.25, 0.3) is 5.92 Å². The van der Waals surface area contributed by atoms with Gasteiger partial charge in [-0.3, -0.25) is 4.79 Å². The van der Waals surface area contributed by atoms with Crippen molar-refractivity contribution in [2.45, 2.75) is 5.92 Å². The molecule has 1 amide bonds. The van der Waals surface area contributed by atoms with Crippen molar-refractivity contribution in [3.05, 3.63) is 42.6 Å². The van der Waals surface area contributed by atoms with E-state index >= 15 is 0 Å². The number of benzene rings is 1. The number of hydrogen-bond donors (Lipinski definition) is 0. The first-order chi connectivity index (χ1) is 12.9. The van der Waals surface area contributed by atoms with Crippen molar-refractivity contribution in [2.75, 3.05) is 31.1 Å². The normalized spacial score (nSPS) is 27.9. The summed E-state index contributed by atoms with van der Waals surface area (Å²) in [5, 5.41) is 0. The lowest BCUT2D eigenvalue weighted by Gasteiger charge is -2.39. The first-order valence-electron chi connectivity index (χ1n) is 8.90. The Morgan fingerprint density at radius 3 is 2.41 bits per heavy atom. The third kappa shape index (κ3) is 2.74. The molecular weight excluding hydrogens is 357 g/mol. The number of aromatic nitrogens is 2. The molecule has 2 aromatic rings. The monoisotopic (exact) mass is 374 g/mol. The van der Waals surface area contributed by atoms with Crippen LogP contribution in [-0.2, 0) is 4.79 Å². The van der Waals surface area contributed by atoms with Crippen molar-refractivity contribution in [1.82, 2.24) is 14.9 Å². The molecule has 140 valence electrons. The average Bonchev–Trinajstić information content (AvgIpc) is 3.13. The van der Waals surface area contributed by atoms with Gasteiger partial charge in [0.1, 0.15) is 12.1 Å². The van der Waals surface area contributed by atoms with E-state index in [1.54, 1.807) is 18.3 Å². The van der Waals surface area contributed by atoms with Gasteiger partial charge in [0.05, 0.1) is 30.7 Å². The van der Waals surface area contributed by atoms with E-state index in [-0.39, 0.29) is 29.5 Å². The fraction of sp³-hybridized carbons (Fsp3) is 0.421. The maximum absolute atomic E-state index is 13.2. The maximum Gasteiger partial charge on any atom is 0.282 e. The van der Waals surface area contributed by atoms with Crippen molar-refractivity contribution < 1.29 is 18.0 Å². The number of halogens is 3. The Morgan fingerprint density at radius 2 is 1.78 bits per heavy atom. The molecule has 0 radical (unpaired) electrons. The van der Waals surface area contributed by atoms with Crippen LogP contribution in [0.25, 0.3) is 11.3 Å². The highest BCUT2D eigenvalue weighted by Crippen LogP contribution is 2.54. The van der Waals surface area contributed by atoms with Crippen LogP contribution in [0.15, 0.2) is 36.8 Å². The number of amides is 1. The molecule has 3 heterocycles. The van der Waals surface area contributed by atoms with Crippen LogP contribution in [0.2, 0.25) is 0 Å². The van der Waals surface area contributed by atoms with E-state index in [1.807, 2.05) is 0 Å². The van der Waals surface area contributed by atoms with Crippen LogP contribution >= 0.6 is 0 Å². The summed E-state index contributed by atoms with van der Waals surface area (Å²) in [5.74, 6) is -2.94. The maximum atomic E-state index is 13.2. The van der Waals surface area contributed by atoms with Crippen LogP contribution < -0.4 is 4.90 Å². The largest absolute Gasteiger partial charge is 0.368 e. The number of piperidine rings is 1. The van der Waals surface area contributed by atoms with Gasteiger partial charge in [0.2, 0.25) is 5.91 Å². The van der Waals surface area contributed by atoms with Crippen molar-refractivity contribution in [1.29, 1.82) is 0 Å². The Morgan fingerprint density at radius 1 is 1.11 bits per heavy atom. The van der Waals surface area contributed by atoms with E-state index in [2.05, 4.69) is 14.9 Å². The molecule has 0 N–H and O–H groups in total. The third-order valence-corrected chi connectivity index (χ3v) is 5.79. The summed E-state index contributed by atoms with van der Waals surface area (Å²) in [7, 11) is 0. The first-order valence-corrected chi connectivity index (χ1v) is 8.90. The number of fused-ring (bicyclic) bond motifs is 1. The van der Waals surface area contributed by atoms with E-state index in [1.165, 1.54) is 23.4 Å². The summed E-state index contributed by atoms with van der Waals surface area (Å²) in [6, 6.07) is 6.13. The zero-order chi connectivity index (χ0) is 18.8. The summed E-state index contributed by atoms with van der Waals surface area (Å²) in [6.07, 6.45) is 3.18. The van der Waals surface area contributed by atoms with E-state index < -0.39 is 19.0 Å². The van der Waals surface area contributed by atoms with E-state index in [0.717, 1.165) is 16.9 Å². The number of alkyl halides is 2. The molecule has 3 atom stereocenters. The lowest BCUT2D eigenvalue weighted by Crippen LogP contribution is -2.59. The molecule has 1 saturated carbocycles. The molecule has 8 heteroatoms. The van der Waals surface area contributed by atoms with Gasteiger partial charge >= 0.3 is 0 Å². The number of rotatable bonds is 3. The molecule has 5 nitrogen and oxygen atoms in total. The lowest BCUT2D eigenvalue weighted by atomic mass is 10.1. The first kappa shape index (κ1) is 16.5. The molecule has 3 aliphatic rings. The molecule has 5 rings (SSSR count). The smallest absolute Gasteiger partial charge is 0.282 e. The number of hydrogen-bond acceptors (Lipinski definition) is 4. The van der Waals surface area contributed by atoms with Gasteiger partial charge in [-0.2, -0.15) is 0 Å². The second-order valence-electron chi connectivity index (χ2n) is 7.57. The molecular formula is C19H17F3N4O. The lowest BCUT2D eigenvalue weighted by molar-refractivity contribution is -0.167. The Bertz CT molecular complexity index is 884. The average molecular weight is 374 g/mol. The highest BCUT2D eigenvalue weighted by Gasteiger charge is 2.62. The predicted octanol–water partition coefficient (Wildman–Crippen LogP) is 2.44. The van der Waals surface area contributed by atoms with Gasteiger partial charge in [-0.15, -0.1) is 0 Å². The fourth-order valence-electron chi connectivity index (χ4n) is 4.35. The van der Waals surface area contributed by atoms with Gasteiger partial charge in [0, 0.05) is 24.6 Å². The number of carbonyl (C=O) groups excluding carboxylic acids is 1. The van der Waals surface area contributed by atoms with E-state index in [0.29, 0.717) is 13.1 Å². The van der Waals surface area contributed by atoms with Crippen LogP contribution in [0.4, 0.5) is 18.9 Å². The molecule has 1 unspecified atom stereocenters. The van der Waals surface area contributed by atoms with Gasteiger partial charge in [-0.1, -0.05) is 0 Å². The fourth-order valence-corrected chi connectivity index (χ4v) is 4.35. The highest BCUT2D eigenvalue weighted by atomic mass is 19.3. The topological polar surface area (TPSA) is 49.3 Å². The SMILES string of the molecule is O=C(C1[C@H]2CN(c3cncnc3-c3ccc(F)cc3)C[C@@H]12)N1CC(F)(F)C1. The van der Waals surface area contributed by atoms with E-state index in [4.69, 9.17) is 0 Å². The minimum Gasteiger partial charge on any atom is -0.368 e. The summed E-state index contributed by atoms with van der Waals surface area (Å²) in [6.45, 7) is 0.444. The zero-order valence-electron chi connectivity index (χ0n) is 14.4. The van der Waals surface area contributed by atoms with Gasteiger partial charge < -0.3 is 9.80 Å². The van der Waals surface area contributed by atoms with Crippen LogP contribution in [0.5, 0.6) is 0 Å². The highest BCUT2D eigenvalue weighted by molar-refractivity contribution is 5.84. The quantitative estimate of drug-likeness (QED) is 0.828. The minimum absolute atomic E-state index is 0.140. The Hall–Kier alpha value is -2.64. The Kier molecular flexibility index (Phi) is 3.47. The van der Waals surface area contributed by atoms with Crippen molar-refractivity contribution in [3.63, 3.8) is 0 Å². The number of nitrogens with zero attached hydrogens (tertiary/aromatic N) is 4. The predicted molar refractivity (Wildman–Crippen MR) is 91.6 cm³/mol. The molecule has 1 aromatic carbocycles. The van der Waals surface area contributed by atoms with Gasteiger partial charge in [-0.05, 0) is 36.1 Å². The second kappa shape index (κ2) is 5.68. The van der Waals surface area contributed by atoms with Crippen molar-refractivity contribution in [2.24, 2.45) is 17.8 Å². The molecule has 1 aromatic heterocycles. The summed E-state index contributed by atoms with van der Waals surface area (Å²) >= 11 is 0. The summed E-state index contributed by atoms with van der Waals surface area (Å²) in [5.41, 5.74) is 2.36. The Labute approximate surface area is 153 Å². The molecule has 27 heavy (non-hydrogen) atoms. The standard InChI is InChI=1S/C19H17F3N4O/c20-12-3-1-11(2-4-12)17-15(5-23-10-24-17)25-6-13-14(7-25)16(13)18(27)26-8-19(21,22)9-26/h1-5,10,13-14,16H,6-9H2/t13-,14+,16?. The van der Waals surface area contributed by atoms with E-state index in [9.17, 15) is 18.0 Å². The summed E-state index contributed by atoms with van der Waals surface area (Å²) < 4.78 is 39.2. The van der Waals surface area contributed by atoms with Gasteiger partial charge in [-0.25, -0.2) is 23.1 Å². The molecule has 3 fully saturated rings. The summed E-state index contributed by atoms with van der Waals surface area (Å²) in [4.78, 5) is 24.2. The Balaban J connectivity index is 1.30. The van der Waals surface area contributed by atoms with Crippen molar-refractivity contribution >= 4 is 11.6 Å². The molecule has 1 aliphatic carbocycles. The van der Waals surface area contributed by atoms with Crippen LogP contribution in [-0.4, -0.2) is 52.9 Å². The van der Waals surface area contributed by atoms with Crippen LogP contribution in [0.3, 0.4) is 0 Å². The number of carbonyl (C=O) groups is 1. The molecule has 2 aliphatic heterocycles. The molecule has 2 saturated heterocycles. The van der Waals surface area contributed by atoms with Crippen LogP contribution in [0.1, 0.15) is 0 Å². The second-order valence-corrected chi connectivity index (χ2v) is 7.57. The number of anilines is 1. The molecule has 0 bridgehead atoms.